The second-order valence-electron chi connectivity index (χ2n) is 5.26. The molecule has 0 amide bonds. The van der Waals surface area contributed by atoms with E-state index in [1.54, 1.807) is 0 Å². The van der Waals surface area contributed by atoms with Gasteiger partial charge in [-0.3, -0.25) is 4.90 Å². The minimum Gasteiger partial charge on any atom is -0.399 e. The smallest absolute Gasteiger partial charge is 0.0318 e. The summed E-state index contributed by atoms with van der Waals surface area (Å²) in [7, 11) is 0. The van der Waals surface area contributed by atoms with Gasteiger partial charge >= 0.3 is 0 Å². The first kappa shape index (κ1) is 13.9. The lowest BCUT2D eigenvalue weighted by Gasteiger charge is -2.36. The molecule has 2 N–H and O–H groups in total. The highest BCUT2D eigenvalue weighted by molar-refractivity contribution is 9.10. The Morgan fingerprint density at radius 3 is 3.00 bits per heavy atom. The highest BCUT2D eigenvalue weighted by atomic mass is 79.9. The first-order valence-electron chi connectivity index (χ1n) is 6.98. The van der Waals surface area contributed by atoms with Crippen LogP contribution in [0.4, 0.5) is 5.69 Å². The monoisotopic (exact) mass is 310 g/mol. The number of nitrogens with two attached hydrogens (primary N) is 1. The number of rotatable bonds is 4. The average Bonchev–Trinajstić information content (AvgIpc) is 2.36. The van der Waals surface area contributed by atoms with Crippen molar-refractivity contribution in [3.8, 4) is 0 Å². The SMILES string of the molecule is CCCC1CCCCN1Cc1cc(N)ccc1Br. The maximum Gasteiger partial charge on any atom is 0.0318 e. The molecule has 100 valence electrons. The standard InChI is InChI=1S/C15H23BrN2/c1-2-5-14-6-3-4-9-18(14)11-12-10-13(17)7-8-15(12)16/h7-8,10,14H,2-6,9,11,17H2,1H3. The summed E-state index contributed by atoms with van der Waals surface area (Å²) in [5, 5.41) is 0. The molecule has 2 nitrogen and oxygen atoms in total. The molecule has 1 unspecified atom stereocenters. The van der Waals surface area contributed by atoms with Crippen LogP contribution in [0.5, 0.6) is 0 Å². The van der Waals surface area contributed by atoms with Gasteiger partial charge in [-0.1, -0.05) is 35.7 Å². The van der Waals surface area contributed by atoms with Crippen molar-refractivity contribution in [2.45, 2.75) is 51.6 Å². The van der Waals surface area contributed by atoms with Crippen LogP contribution in [-0.2, 0) is 6.54 Å². The Labute approximate surface area is 119 Å². The van der Waals surface area contributed by atoms with Gasteiger partial charge in [0.2, 0.25) is 0 Å². The van der Waals surface area contributed by atoms with E-state index in [0.717, 1.165) is 18.3 Å². The van der Waals surface area contributed by atoms with Crippen LogP contribution in [0, 0.1) is 0 Å². The third-order valence-corrected chi connectivity index (χ3v) is 4.59. The first-order valence-corrected chi connectivity index (χ1v) is 7.78. The number of nitrogen functional groups attached to an aromatic ring is 1. The van der Waals surface area contributed by atoms with Gasteiger partial charge in [0.15, 0.2) is 0 Å². The van der Waals surface area contributed by atoms with Crippen molar-refractivity contribution in [2.75, 3.05) is 12.3 Å². The van der Waals surface area contributed by atoms with Crippen molar-refractivity contribution in [1.82, 2.24) is 4.90 Å². The van der Waals surface area contributed by atoms with Crippen LogP contribution >= 0.6 is 15.9 Å². The Kier molecular flexibility index (Phi) is 5.07. The molecule has 1 aliphatic heterocycles. The molecule has 1 atom stereocenters. The van der Waals surface area contributed by atoms with Gasteiger partial charge in [-0.25, -0.2) is 0 Å². The third-order valence-electron chi connectivity index (χ3n) is 3.81. The van der Waals surface area contributed by atoms with E-state index in [1.165, 1.54) is 48.7 Å². The molecule has 1 aliphatic rings. The summed E-state index contributed by atoms with van der Waals surface area (Å²) in [6, 6.07) is 6.87. The fourth-order valence-electron chi connectivity index (χ4n) is 2.86. The predicted molar refractivity (Wildman–Crippen MR) is 81.5 cm³/mol. The number of hydrogen-bond acceptors (Lipinski definition) is 2. The molecule has 0 saturated carbocycles. The average molecular weight is 311 g/mol. The Bertz CT molecular complexity index is 390. The first-order chi connectivity index (χ1) is 8.70. The normalized spacial score (nSPS) is 21.1. The van der Waals surface area contributed by atoms with Crippen molar-refractivity contribution >= 4 is 21.6 Å². The van der Waals surface area contributed by atoms with Crippen LogP contribution in [-0.4, -0.2) is 17.5 Å². The zero-order valence-corrected chi connectivity index (χ0v) is 12.7. The van der Waals surface area contributed by atoms with E-state index >= 15 is 0 Å². The molecule has 18 heavy (non-hydrogen) atoms. The Morgan fingerprint density at radius 1 is 1.39 bits per heavy atom. The molecular weight excluding hydrogens is 288 g/mol. The topological polar surface area (TPSA) is 29.3 Å². The number of piperidine rings is 1. The van der Waals surface area contributed by atoms with Gasteiger partial charge in [0.25, 0.3) is 0 Å². The maximum atomic E-state index is 5.89. The number of hydrogen-bond donors (Lipinski definition) is 1. The molecule has 1 heterocycles. The van der Waals surface area contributed by atoms with Crippen LogP contribution in [0.15, 0.2) is 22.7 Å². The van der Waals surface area contributed by atoms with E-state index in [1.807, 2.05) is 6.07 Å². The van der Waals surface area contributed by atoms with E-state index in [-0.39, 0.29) is 0 Å². The van der Waals surface area contributed by atoms with E-state index in [9.17, 15) is 0 Å². The Morgan fingerprint density at radius 2 is 2.22 bits per heavy atom. The molecule has 0 aliphatic carbocycles. The molecule has 1 aromatic rings. The summed E-state index contributed by atoms with van der Waals surface area (Å²) in [5.41, 5.74) is 8.06. The lowest BCUT2D eigenvalue weighted by atomic mass is 9.97. The second-order valence-corrected chi connectivity index (χ2v) is 6.11. The summed E-state index contributed by atoms with van der Waals surface area (Å²) in [5.74, 6) is 0. The lowest BCUT2D eigenvalue weighted by Crippen LogP contribution is -2.38. The van der Waals surface area contributed by atoms with E-state index in [2.05, 4.69) is 39.9 Å². The number of halogens is 1. The molecule has 3 heteroatoms. The van der Waals surface area contributed by atoms with Crippen LogP contribution in [0.25, 0.3) is 0 Å². The summed E-state index contributed by atoms with van der Waals surface area (Å²) in [6.45, 7) is 4.53. The molecular formula is C15H23BrN2. The van der Waals surface area contributed by atoms with Gasteiger partial charge < -0.3 is 5.73 Å². The molecule has 1 aromatic carbocycles. The van der Waals surface area contributed by atoms with E-state index < -0.39 is 0 Å². The quantitative estimate of drug-likeness (QED) is 0.845. The largest absolute Gasteiger partial charge is 0.399 e. The van der Waals surface area contributed by atoms with Gasteiger partial charge in [-0.2, -0.15) is 0 Å². The zero-order valence-electron chi connectivity index (χ0n) is 11.2. The van der Waals surface area contributed by atoms with Crippen LogP contribution < -0.4 is 5.73 Å². The summed E-state index contributed by atoms with van der Waals surface area (Å²) in [4.78, 5) is 2.63. The summed E-state index contributed by atoms with van der Waals surface area (Å²) in [6.07, 6.45) is 6.67. The molecule has 0 aromatic heterocycles. The van der Waals surface area contributed by atoms with Gasteiger partial charge in [-0.05, 0) is 49.6 Å². The van der Waals surface area contributed by atoms with Crippen LogP contribution in [0.2, 0.25) is 0 Å². The predicted octanol–water partition coefficient (Wildman–Crippen LogP) is 4.19. The summed E-state index contributed by atoms with van der Waals surface area (Å²) >= 11 is 3.63. The maximum absolute atomic E-state index is 5.89. The minimum absolute atomic E-state index is 0.761. The molecule has 0 bridgehead atoms. The van der Waals surface area contributed by atoms with Crippen LogP contribution in [0.3, 0.4) is 0 Å². The van der Waals surface area contributed by atoms with Crippen molar-refractivity contribution in [1.29, 1.82) is 0 Å². The van der Waals surface area contributed by atoms with Crippen molar-refractivity contribution < 1.29 is 0 Å². The van der Waals surface area contributed by atoms with Crippen molar-refractivity contribution in [2.24, 2.45) is 0 Å². The fraction of sp³-hybridized carbons (Fsp3) is 0.600. The van der Waals surface area contributed by atoms with E-state index in [0.29, 0.717) is 0 Å². The van der Waals surface area contributed by atoms with Gasteiger partial charge in [0.1, 0.15) is 0 Å². The molecule has 1 fully saturated rings. The van der Waals surface area contributed by atoms with Gasteiger partial charge in [0, 0.05) is 22.7 Å². The highest BCUT2D eigenvalue weighted by Crippen LogP contribution is 2.26. The molecule has 2 rings (SSSR count). The second kappa shape index (κ2) is 6.58. The molecule has 0 spiro atoms. The number of benzene rings is 1. The number of anilines is 1. The van der Waals surface area contributed by atoms with Gasteiger partial charge in [0.05, 0.1) is 0 Å². The number of nitrogens with zero attached hydrogens (tertiary/aromatic N) is 1. The van der Waals surface area contributed by atoms with Gasteiger partial charge in [-0.15, -0.1) is 0 Å². The van der Waals surface area contributed by atoms with Crippen LogP contribution in [0.1, 0.15) is 44.6 Å². The highest BCUT2D eigenvalue weighted by Gasteiger charge is 2.22. The minimum atomic E-state index is 0.761. The van der Waals surface area contributed by atoms with Crippen molar-refractivity contribution in [3.05, 3.63) is 28.2 Å². The lowest BCUT2D eigenvalue weighted by molar-refractivity contribution is 0.131. The Balaban J connectivity index is 2.08. The molecule has 0 radical (unpaired) electrons. The van der Waals surface area contributed by atoms with E-state index in [4.69, 9.17) is 5.73 Å². The third kappa shape index (κ3) is 3.48. The van der Waals surface area contributed by atoms with Crippen molar-refractivity contribution in [3.63, 3.8) is 0 Å². The zero-order chi connectivity index (χ0) is 13.0. The summed E-state index contributed by atoms with van der Waals surface area (Å²) < 4.78 is 1.18. The Hall–Kier alpha value is -0.540. The molecule has 1 saturated heterocycles. The fourth-order valence-corrected chi connectivity index (χ4v) is 3.23. The number of likely N-dealkylation sites (tertiary alicyclic amines) is 1.